The van der Waals surface area contributed by atoms with E-state index in [0.717, 1.165) is 22.3 Å². The first-order chi connectivity index (χ1) is 9.61. The fraction of sp³-hybridized carbons (Fsp3) is 0.188. The Labute approximate surface area is 116 Å². The van der Waals surface area contributed by atoms with Crippen molar-refractivity contribution in [3.63, 3.8) is 0 Å². The number of fused-ring (bicyclic) bond motifs is 3. The van der Waals surface area contributed by atoms with Gasteiger partial charge in [-0.05, 0) is 30.0 Å². The minimum absolute atomic E-state index is 0.106. The van der Waals surface area contributed by atoms with Crippen LogP contribution in [-0.2, 0) is 6.42 Å². The van der Waals surface area contributed by atoms with E-state index < -0.39 is 0 Å². The van der Waals surface area contributed by atoms with Gasteiger partial charge in [-0.2, -0.15) is 5.26 Å². The van der Waals surface area contributed by atoms with Crippen LogP contribution in [0.3, 0.4) is 0 Å². The third-order valence-electron chi connectivity index (χ3n) is 3.79. The predicted molar refractivity (Wildman–Crippen MR) is 75.3 cm³/mol. The minimum atomic E-state index is -0.367. The molecule has 0 aliphatic heterocycles. The van der Waals surface area contributed by atoms with Gasteiger partial charge in [-0.3, -0.25) is 10.1 Å². The molecule has 20 heavy (non-hydrogen) atoms. The molecule has 3 rings (SSSR count). The zero-order chi connectivity index (χ0) is 14.3. The van der Waals surface area contributed by atoms with Crippen molar-refractivity contribution in [2.75, 3.05) is 0 Å². The zero-order valence-electron chi connectivity index (χ0n) is 11.0. The van der Waals surface area contributed by atoms with Crippen molar-refractivity contribution in [3.05, 3.63) is 63.2 Å². The summed E-state index contributed by atoms with van der Waals surface area (Å²) in [4.78, 5) is 10.8. The Kier molecular flexibility index (Phi) is 2.76. The summed E-state index contributed by atoms with van der Waals surface area (Å²) in [5.41, 5.74) is 4.65. The normalized spacial score (nSPS) is 15.9. The van der Waals surface area contributed by atoms with E-state index in [1.807, 2.05) is 31.2 Å². The van der Waals surface area contributed by atoms with E-state index in [1.165, 1.54) is 6.07 Å². The number of nitrogens with zero attached hydrogens (tertiary/aromatic N) is 2. The summed E-state index contributed by atoms with van der Waals surface area (Å²) in [6.45, 7) is 1.98. The average molecular weight is 264 g/mol. The first-order valence-electron chi connectivity index (χ1n) is 6.38. The molecule has 1 unspecified atom stereocenters. The maximum Gasteiger partial charge on any atom is 0.273 e. The lowest BCUT2D eigenvalue weighted by atomic mass is 9.78. The van der Waals surface area contributed by atoms with E-state index in [2.05, 4.69) is 6.07 Å². The topological polar surface area (TPSA) is 66.9 Å². The van der Waals surface area contributed by atoms with Crippen LogP contribution in [0, 0.1) is 28.4 Å². The molecule has 0 fully saturated rings. The Morgan fingerprint density at radius 3 is 2.80 bits per heavy atom. The van der Waals surface area contributed by atoms with Gasteiger partial charge in [-0.15, -0.1) is 0 Å². The molecule has 0 radical (unpaired) electrons. The molecule has 98 valence electrons. The molecule has 0 saturated heterocycles. The van der Waals surface area contributed by atoms with E-state index in [9.17, 15) is 15.4 Å². The molecule has 0 spiro atoms. The lowest BCUT2D eigenvalue weighted by Crippen LogP contribution is -2.12. The maximum absolute atomic E-state index is 11.2. The average Bonchev–Trinajstić information content (AvgIpc) is 2.45. The fourth-order valence-corrected chi connectivity index (χ4v) is 2.85. The molecule has 0 heterocycles. The lowest BCUT2D eigenvalue weighted by molar-refractivity contribution is -0.385. The summed E-state index contributed by atoms with van der Waals surface area (Å²) in [5, 5.41) is 20.5. The highest BCUT2D eigenvalue weighted by atomic mass is 16.6. The summed E-state index contributed by atoms with van der Waals surface area (Å²) in [6.07, 6.45) is 0.402. The quantitative estimate of drug-likeness (QED) is 0.582. The van der Waals surface area contributed by atoms with E-state index >= 15 is 0 Å². The second kappa shape index (κ2) is 4.46. The third-order valence-corrected chi connectivity index (χ3v) is 3.79. The molecule has 2 aromatic carbocycles. The highest BCUT2D eigenvalue weighted by Gasteiger charge is 2.29. The molecule has 2 aromatic rings. The molecule has 0 bridgehead atoms. The summed E-state index contributed by atoms with van der Waals surface area (Å²) in [6, 6.07) is 13.3. The Balaban J connectivity index is 2.33. The van der Waals surface area contributed by atoms with Gasteiger partial charge < -0.3 is 0 Å². The predicted octanol–water partition coefficient (Wildman–Crippen LogP) is 3.73. The van der Waals surface area contributed by atoms with Gasteiger partial charge in [-0.25, -0.2) is 0 Å². The van der Waals surface area contributed by atoms with Crippen LogP contribution in [0.25, 0.3) is 11.1 Å². The van der Waals surface area contributed by atoms with Crippen molar-refractivity contribution in [1.82, 2.24) is 0 Å². The number of nitro groups is 1. The van der Waals surface area contributed by atoms with Gasteiger partial charge in [0.2, 0.25) is 0 Å². The highest BCUT2D eigenvalue weighted by Crippen LogP contribution is 2.43. The smallest absolute Gasteiger partial charge is 0.258 e. The van der Waals surface area contributed by atoms with E-state index in [-0.39, 0.29) is 16.5 Å². The number of benzene rings is 2. The van der Waals surface area contributed by atoms with Crippen molar-refractivity contribution >= 4 is 5.69 Å². The largest absolute Gasteiger partial charge is 0.273 e. The molecule has 4 nitrogen and oxygen atoms in total. The van der Waals surface area contributed by atoms with Gasteiger partial charge in [0.25, 0.3) is 5.69 Å². The summed E-state index contributed by atoms with van der Waals surface area (Å²) in [7, 11) is 0. The maximum atomic E-state index is 11.2. The van der Waals surface area contributed by atoms with Gasteiger partial charge in [0, 0.05) is 11.6 Å². The van der Waals surface area contributed by atoms with Crippen LogP contribution in [0.15, 0.2) is 36.4 Å². The number of aryl methyl sites for hydroxylation is 1. The zero-order valence-corrected chi connectivity index (χ0v) is 11.0. The van der Waals surface area contributed by atoms with Crippen LogP contribution >= 0.6 is 0 Å². The van der Waals surface area contributed by atoms with Gasteiger partial charge in [0.05, 0.1) is 16.9 Å². The number of nitro benzene ring substituents is 1. The molecule has 0 saturated carbocycles. The van der Waals surface area contributed by atoms with Crippen LogP contribution in [0.5, 0.6) is 0 Å². The van der Waals surface area contributed by atoms with E-state index in [0.29, 0.717) is 12.0 Å². The SMILES string of the molecule is Cc1ccc2c(c1)-c1cccc([N+](=O)[O-])c1CC2C#N. The molecule has 0 amide bonds. The van der Waals surface area contributed by atoms with Crippen LogP contribution in [-0.4, -0.2) is 4.92 Å². The number of hydrogen-bond acceptors (Lipinski definition) is 3. The van der Waals surface area contributed by atoms with Crippen molar-refractivity contribution < 1.29 is 4.92 Å². The molecule has 1 aliphatic carbocycles. The van der Waals surface area contributed by atoms with Crippen molar-refractivity contribution in [1.29, 1.82) is 5.26 Å². The van der Waals surface area contributed by atoms with Crippen LogP contribution in [0.4, 0.5) is 5.69 Å². The Hall–Kier alpha value is -2.67. The Morgan fingerprint density at radius 1 is 1.30 bits per heavy atom. The third kappa shape index (κ3) is 1.76. The molecular formula is C16H12N2O2. The van der Waals surface area contributed by atoms with Crippen LogP contribution < -0.4 is 0 Å². The fourth-order valence-electron chi connectivity index (χ4n) is 2.85. The van der Waals surface area contributed by atoms with E-state index in [1.54, 1.807) is 6.07 Å². The molecule has 1 aliphatic rings. The second-order valence-corrected chi connectivity index (χ2v) is 5.04. The standard InChI is InChI=1S/C16H12N2O2/c1-10-5-6-12-11(9-17)8-15-13(14(12)7-10)3-2-4-16(15)18(19)20/h2-7,11H,8H2,1H3. The lowest BCUT2D eigenvalue weighted by Gasteiger charge is -2.23. The van der Waals surface area contributed by atoms with Crippen molar-refractivity contribution in [2.24, 2.45) is 0 Å². The Bertz CT molecular complexity index is 760. The van der Waals surface area contributed by atoms with Gasteiger partial charge in [0.1, 0.15) is 0 Å². The minimum Gasteiger partial charge on any atom is -0.258 e. The Morgan fingerprint density at radius 2 is 2.10 bits per heavy atom. The summed E-state index contributed by atoms with van der Waals surface area (Å²) < 4.78 is 0. The monoisotopic (exact) mass is 264 g/mol. The first-order valence-corrected chi connectivity index (χ1v) is 6.38. The summed E-state index contributed by atoms with van der Waals surface area (Å²) in [5.74, 6) is -0.320. The van der Waals surface area contributed by atoms with Crippen molar-refractivity contribution in [2.45, 2.75) is 19.3 Å². The van der Waals surface area contributed by atoms with Crippen LogP contribution in [0.1, 0.15) is 22.6 Å². The molecule has 4 heteroatoms. The first kappa shape index (κ1) is 12.4. The number of nitriles is 1. The number of rotatable bonds is 1. The van der Waals surface area contributed by atoms with Gasteiger partial charge >= 0.3 is 0 Å². The second-order valence-electron chi connectivity index (χ2n) is 5.04. The molecule has 1 atom stereocenters. The molecular weight excluding hydrogens is 252 g/mol. The van der Waals surface area contributed by atoms with Crippen LogP contribution in [0.2, 0.25) is 0 Å². The highest BCUT2D eigenvalue weighted by molar-refractivity contribution is 5.78. The van der Waals surface area contributed by atoms with Crippen molar-refractivity contribution in [3.8, 4) is 17.2 Å². The molecule has 0 aromatic heterocycles. The van der Waals surface area contributed by atoms with E-state index in [4.69, 9.17) is 0 Å². The van der Waals surface area contributed by atoms with Gasteiger partial charge in [-0.1, -0.05) is 35.9 Å². The molecule has 0 N–H and O–H groups in total. The van der Waals surface area contributed by atoms with Gasteiger partial charge in [0.15, 0.2) is 0 Å². The summed E-state index contributed by atoms with van der Waals surface area (Å²) >= 11 is 0. The number of hydrogen-bond donors (Lipinski definition) is 0.